The van der Waals surface area contributed by atoms with Crippen LogP contribution in [0.5, 0.6) is 0 Å². The molecular formula is C28H34N6O3. The fourth-order valence-electron chi connectivity index (χ4n) is 4.62. The molecule has 2 N–H and O–H groups in total. The zero-order valence-electron chi connectivity index (χ0n) is 22.0. The van der Waals surface area contributed by atoms with Crippen LogP contribution in [0.2, 0.25) is 0 Å². The molecule has 4 rings (SSSR count). The quantitative estimate of drug-likeness (QED) is 0.540. The van der Waals surface area contributed by atoms with Crippen molar-refractivity contribution in [1.82, 2.24) is 24.9 Å². The Morgan fingerprint density at radius 3 is 2.27 bits per heavy atom. The van der Waals surface area contributed by atoms with Gasteiger partial charge in [0.2, 0.25) is 0 Å². The third-order valence-corrected chi connectivity index (χ3v) is 6.77. The van der Waals surface area contributed by atoms with Crippen molar-refractivity contribution in [3.63, 3.8) is 0 Å². The first-order valence-corrected chi connectivity index (χ1v) is 12.4. The summed E-state index contributed by atoms with van der Waals surface area (Å²) >= 11 is 0. The Morgan fingerprint density at radius 2 is 1.65 bits per heavy atom. The third kappa shape index (κ3) is 5.82. The number of carbonyl (C=O) groups excluding carboxylic acids is 3. The molecular weight excluding hydrogens is 468 g/mol. The second-order valence-corrected chi connectivity index (χ2v) is 9.86. The summed E-state index contributed by atoms with van der Waals surface area (Å²) in [6.45, 7) is 0.358. The maximum atomic E-state index is 13.1. The van der Waals surface area contributed by atoms with Crippen molar-refractivity contribution in [2.24, 2.45) is 7.05 Å². The summed E-state index contributed by atoms with van der Waals surface area (Å²) < 4.78 is 1.82. The molecule has 1 atom stereocenters. The lowest BCUT2D eigenvalue weighted by atomic mass is 9.81. The second-order valence-electron chi connectivity index (χ2n) is 9.86. The van der Waals surface area contributed by atoms with Gasteiger partial charge in [0.25, 0.3) is 11.8 Å². The predicted octanol–water partition coefficient (Wildman–Crippen LogP) is 3.42. The third-order valence-electron chi connectivity index (χ3n) is 6.77. The van der Waals surface area contributed by atoms with Crippen molar-refractivity contribution in [2.75, 3.05) is 33.5 Å². The van der Waals surface area contributed by atoms with E-state index in [-0.39, 0.29) is 23.8 Å². The van der Waals surface area contributed by atoms with Gasteiger partial charge in [-0.1, -0.05) is 24.3 Å². The number of aromatic nitrogens is 2. The van der Waals surface area contributed by atoms with Crippen LogP contribution in [0, 0.1) is 0 Å². The first-order chi connectivity index (χ1) is 17.6. The molecule has 1 aliphatic carbocycles. The molecule has 1 heterocycles. The van der Waals surface area contributed by atoms with Crippen molar-refractivity contribution in [1.29, 1.82) is 0 Å². The van der Waals surface area contributed by atoms with Crippen LogP contribution >= 0.6 is 0 Å². The van der Waals surface area contributed by atoms with Gasteiger partial charge < -0.3 is 20.4 Å². The molecule has 0 radical (unpaired) electrons. The fraction of sp³-hybridized carbons (Fsp3) is 0.357. The van der Waals surface area contributed by atoms with Gasteiger partial charge in [0.15, 0.2) is 5.69 Å². The van der Waals surface area contributed by atoms with Gasteiger partial charge in [-0.15, -0.1) is 0 Å². The summed E-state index contributed by atoms with van der Waals surface area (Å²) in [7, 11) is 8.74. The Hall–Kier alpha value is -4.14. The van der Waals surface area contributed by atoms with E-state index < -0.39 is 0 Å². The molecule has 1 aliphatic rings. The van der Waals surface area contributed by atoms with Gasteiger partial charge in [-0.3, -0.25) is 14.3 Å². The van der Waals surface area contributed by atoms with E-state index in [2.05, 4.69) is 15.7 Å². The van der Waals surface area contributed by atoms with E-state index in [1.165, 1.54) is 4.90 Å². The first kappa shape index (κ1) is 25.9. The van der Waals surface area contributed by atoms with Gasteiger partial charge in [0, 0.05) is 64.3 Å². The molecule has 0 aliphatic heterocycles. The number of anilines is 1. The number of rotatable bonds is 6. The maximum Gasteiger partial charge on any atom is 0.321 e. The highest BCUT2D eigenvalue weighted by Crippen LogP contribution is 2.34. The Kier molecular flexibility index (Phi) is 7.61. The average molecular weight is 503 g/mol. The molecule has 37 heavy (non-hydrogen) atoms. The van der Waals surface area contributed by atoms with Crippen LogP contribution in [0.25, 0.3) is 0 Å². The lowest BCUT2D eigenvalue weighted by Crippen LogP contribution is -2.27. The van der Waals surface area contributed by atoms with Crippen LogP contribution < -0.4 is 10.6 Å². The van der Waals surface area contributed by atoms with Crippen LogP contribution in [0.3, 0.4) is 0 Å². The lowest BCUT2D eigenvalue weighted by molar-refractivity contribution is 0.0827. The molecule has 0 unspecified atom stereocenters. The minimum atomic E-state index is -0.200. The van der Waals surface area contributed by atoms with Gasteiger partial charge >= 0.3 is 6.03 Å². The number of urea groups is 1. The highest BCUT2D eigenvalue weighted by molar-refractivity contribution is 5.94. The zero-order chi connectivity index (χ0) is 26.7. The van der Waals surface area contributed by atoms with E-state index in [0.29, 0.717) is 23.5 Å². The highest BCUT2D eigenvalue weighted by Gasteiger charge is 2.29. The summed E-state index contributed by atoms with van der Waals surface area (Å²) in [6, 6.07) is 15.0. The van der Waals surface area contributed by atoms with Crippen LogP contribution in [0.1, 0.15) is 55.6 Å². The first-order valence-electron chi connectivity index (χ1n) is 12.4. The van der Waals surface area contributed by atoms with Gasteiger partial charge in [-0.2, -0.15) is 5.10 Å². The maximum absolute atomic E-state index is 13.1. The number of benzene rings is 2. The van der Waals surface area contributed by atoms with Crippen molar-refractivity contribution in [2.45, 2.75) is 31.7 Å². The number of hydrogen-bond acceptors (Lipinski definition) is 4. The number of aryl methyl sites for hydroxylation is 1. The molecule has 0 fully saturated rings. The normalized spacial score (nSPS) is 14.5. The highest BCUT2D eigenvalue weighted by atomic mass is 16.2. The van der Waals surface area contributed by atoms with E-state index in [1.54, 1.807) is 33.1 Å². The van der Waals surface area contributed by atoms with Gasteiger partial charge in [-0.05, 0) is 60.6 Å². The number of hydrogen-bond donors (Lipinski definition) is 2. The summed E-state index contributed by atoms with van der Waals surface area (Å²) in [5.41, 5.74) is 6.01. The van der Waals surface area contributed by atoms with E-state index in [1.807, 2.05) is 60.3 Å². The molecule has 0 saturated heterocycles. The van der Waals surface area contributed by atoms with Crippen molar-refractivity contribution >= 4 is 23.5 Å². The minimum absolute atomic E-state index is 0.0170. The largest absolute Gasteiger partial charge is 0.347 e. The topological polar surface area (TPSA) is 99.6 Å². The van der Waals surface area contributed by atoms with Crippen molar-refractivity contribution < 1.29 is 14.4 Å². The smallest absolute Gasteiger partial charge is 0.321 e. The van der Waals surface area contributed by atoms with Crippen LogP contribution in [0.4, 0.5) is 10.5 Å². The van der Waals surface area contributed by atoms with Crippen molar-refractivity contribution in [3.05, 3.63) is 82.2 Å². The molecule has 9 nitrogen and oxygen atoms in total. The Morgan fingerprint density at radius 1 is 0.973 bits per heavy atom. The molecule has 194 valence electrons. The number of nitrogens with zero attached hydrogens (tertiary/aromatic N) is 4. The number of nitrogens with one attached hydrogen (secondary N) is 2. The monoisotopic (exact) mass is 502 g/mol. The molecule has 4 amide bonds. The van der Waals surface area contributed by atoms with Crippen molar-refractivity contribution in [3.8, 4) is 0 Å². The molecule has 9 heteroatoms. The van der Waals surface area contributed by atoms with E-state index in [0.717, 1.165) is 41.6 Å². The van der Waals surface area contributed by atoms with Gasteiger partial charge in [-0.25, -0.2) is 4.79 Å². The summed E-state index contributed by atoms with van der Waals surface area (Å²) in [4.78, 5) is 40.2. The number of fused-ring (bicyclic) bond motifs is 1. The average Bonchev–Trinajstić information content (AvgIpc) is 3.23. The molecule has 0 saturated carbocycles. The van der Waals surface area contributed by atoms with Gasteiger partial charge in [0.1, 0.15) is 0 Å². The Bertz CT molecular complexity index is 1290. The van der Waals surface area contributed by atoms with Crippen LogP contribution in [-0.2, 0) is 26.4 Å². The second kappa shape index (κ2) is 10.9. The fourth-order valence-corrected chi connectivity index (χ4v) is 4.62. The summed E-state index contributed by atoms with van der Waals surface area (Å²) in [5, 5.41) is 10.3. The lowest BCUT2D eigenvalue weighted by Gasteiger charge is -2.24. The minimum Gasteiger partial charge on any atom is -0.347 e. The van der Waals surface area contributed by atoms with Gasteiger partial charge in [0.05, 0.1) is 0 Å². The van der Waals surface area contributed by atoms with E-state index >= 15 is 0 Å². The Labute approximate surface area is 217 Å². The molecule has 0 spiro atoms. The molecule has 1 aromatic heterocycles. The molecule has 3 aromatic rings. The number of carbonyl (C=O) groups is 3. The summed E-state index contributed by atoms with van der Waals surface area (Å²) in [6.07, 6.45) is 2.54. The SMILES string of the molecule is CN(C)C(=O)Nc1ccc(CNC(=O)c2nn(C)c3c2C[C@H](c2ccc(C(=O)N(C)C)cc2)CC3)cc1. The van der Waals surface area contributed by atoms with Crippen LogP contribution in [-0.4, -0.2) is 65.6 Å². The zero-order valence-corrected chi connectivity index (χ0v) is 22.0. The predicted molar refractivity (Wildman–Crippen MR) is 143 cm³/mol. The summed E-state index contributed by atoms with van der Waals surface area (Å²) in [5.74, 6) is 0.0442. The van der Waals surface area contributed by atoms with E-state index in [4.69, 9.17) is 0 Å². The van der Waals surface area contributed by atoms with Crippen LogP contribution in [0.15, 0.2) is 48.5 Å². The number of amides is 4. The Balaban J connectivity index is 1.42. The standard InChI is InChI=1S/C28H34N6O3/c1-32(2)27(36)20-10-8-19(9-11-20)21-12-15-24-23(16-21)25(31-34(24)5)26(35)29-17-18-6-13-22(14-7-18)30-28(37)33(3)4/h6-11,13-14,21H,12,15-17H2,1-5H3,(H,29,35)(H,30,37)/t21-/m1/s1. The molecule has 0 bridgehead atoms. The van der Waals surface area contributed by atoms with E-state index in [9.17, 15) is 14.4 Å². The molecule has 2 aromatic carbocycles.